The van der Waals surface area contributed by atoms with E-state index in [0.29, 0.717) is 18.0 Å². The Labute approximate surface area is 210 Å². The van der Waals surface area contributed by atoms with Gasteiger partial charge >= 0.3 is 0 Å². The lowest BCUT2D eigenvalue weighted by Gasteiger charge is -2.35. The molecule has 1 aromatic rings. The third-order valence-corrected chi connectivity index (χ3v) is 7.92. The fourth-order valence-corrected chi connectivity index (χ4v) is 5.51. The molecular formula is C28H43N3O4. The van der Waals surface area contributed by atoms with Gasteiger partial charge in [-0.05, 0) is 63.8 Å². The molecule has 0 aromatic heterocycles. The van der Waals surface area contributed by atoms with Crippen molar-refractivity contribution in [2.75, 3.05) is 38.6 Å². The Morgan fingerprint density at radius 3 is 2.63 bits per heavy atom. The van der Waals surface area contributed by atoms with Crippen molar-refractivity contribution in [3.8, 4) is 5.75 Å². The van der Waals surface area contributed by atoms with Gasteiger partial charge in [-0.2, -0.15) is 0 Å². The van der Waals surface area contributed by atoms with Crippen LogP contribution in [0.4, 0.5) is 5.69 Å². The number of aliphatic hydroxyl groups excluding tert-OH is 1. The molecule has 4 rings (SSSR count). The Morgan fingerprint density at radius 1 is 1.20 bits per heavy atom. The summed E-state index contributed by atoms with van der Waals surface area (Å²) in [7, 11) is 2.17. The second-order valence-electron chi connectivity index (χ2n) is 11.2. The summed E-state index contributed by atoms with van der Waals surface area (Å²) in [5, 5.41) is 12.8. The van der Waals surface area contributed by atoms with E-state index in [-0.39, 0.29) is 48.8 Å². The van der Waals surface area contributed by atoms with Gasteiger partial charge in [-0.1, -0.05) is 26.2 Å². The summed E-state index contributed by atoms with van der Waals surface area (Å²) in [5.74, 6) is 1.70. The van der Waals surface area contributed by atoms with E-state index in [1.165, 1.54) is 32.1 Å². The van der Waals surface area contributed by atoms with Gasteiger partial charge in [-0.3, -0.25) is 9.59 Å². The van der Waals surface area contributed by atoms with Crippen LogP contribution in [-0.2, 0) is 16.0 Å². The predicted octanol–water partition coefficient (Wildman–Crippen LogP) is 3.70. The molecule has 2 N–H and O–H groups in total. The van der Waals surface area contributed by atoms with Crippen LogP contribution in [0.5, 0.6) is 5.75 Å². The van der Waals surface area contributed by atoms with E-state index in [2.05, 4.69) is 24.2 Å². The lowest BCUT2D eigenvalue weighted by Crippen LogP contribution is -2.48. The quantitative estimate of drug-likeness (QED) is 0.587. The average molecular weight is 486 g/mol. The van der Waals surface area contributed by atoms with Crippen LogP contribution in [0.15, 0.2) is 18.2 Å². The second-order valence-corrected chi connectivity index (χ2v) is 11.2. The Morgan fingerprint density at radius 2 is 1.94 bits per heavy atom. The Bertz CT molecular complexity index is 881. The third-order valence-electron chi connectivity index (χ3n) is 7.92. The molecule has 3 aliphatic rings. The van der Waals surface area contributed by atoms with Gasteiger partial charge in [0.15, 0.2) is 0 Å². The van der Waals surface area contributed by atoms with Crippen molar-refractivity contribution in [2.24, 2.45) is 17.8 Å². The Balaban J connectivity index is 1.55. The minimum Gasteiger partial charge on any atom is -0.488 e. The van der Waals surface area contributed by atoms with Crippen molar-refractivity contribution in [1.82, 2.24) is 9.80 Å². The summed E-state index contributed by atoms with van der Waals surface area (Å²) in [6, 6.07) is 5.40. The molecule has 0 saturated heterocycles. The lowest BCUT2D eigenvalue weighted by molar-refractivity contribution is -0.134. The first-order valence-electron chi connectivity index (χ1n) is 13.5. The monoisotopic (exact) mass is 485 g/mol. The summed E-state index contributed by atoms with van der Waals surface area (Å²) in [6.07, 6.45) is 8.62. The molecule has 2 fully saturated rings. The zero-order valence-electron chi connectivity index (χ0n) is 21.7. The standard InChI is InChI=1S/C28H43N3O4/c1-19-15-31(20(2)18-32)27(33)14-23-13-24(29-28(34)22-9-10-22)11-12-25(23)35-26(19)17-30(3)16-21-7-5-4-6-8-21/h11-13,19-22,26,32H,4-10,14-18H2,1-3H3,(H,29,34)/t19-,20-,26+/m0/s1. The molecule has 1 aliphatic heterocycles. The van der Waals surface area contributed by atoms with Crippen LogP contribution in [0.2, 0.25) is 0 Å². The highest BCUT2D eigenvalue weighted by Crippen LogP contribution is 2.33. The molecule has 194 valence electrons. The molecule has 0 bridgehead atoms. The van der Waals surface area contributed by atoms with E-state index in [9.17, 15) is 14.7 Å². The van der Waals surface area contributed by atoms with E-state index in [4.69, 9.17) is 4.74 Å². The maximum absolute atomic E-state index is 13.3. The lowest BCUT2D eigenvalue weighted by atomic mass is 9.89. The molecule has 0 unspecified atom stereocenters. The molecule has 2 amide bonds. The van der Waals surface area contributed by atoms with Crippen molar-refractivity contribution in [1.29, 1.82) is 0 Å². The van der Waals surface area contributed by atoms with Crippen molar-refractivity contribution in [3.05, 3.63) is 23.8 Å². The molecule has 7 nitrogen and oxygen atoms in total. The average Bonchev–Trinajstić information content (AvgIpc) is 3.68. The van der Waals surface area contributed by atoms with Gasteiger partial charge in [-0.25, -0.2) is 0 Å². The minimum atomic E-state index is -0.259. The minimum absolute atomic E-state index is 0.0230. The van der Waals surface area contributed by atoms with Crippen LogP contribution < -0.4 is 10.1 Å². The van der Waals surface area contributed by atoms with E-state index in [1.807, 2.05) is 25.1 Å². The number of rotatable bonds is 8. The first-order valence-corrected chi connectivity index (χ1v) is 13.5. The molecule has 0 radical (unpaired) electrons. The highest BCUT2D eigenvalue weighted by molar-refractivity contribution is 5.94. The van der Waals surface area contributed by atoms with Gasteiger partial charge in [-0.15, -0.1) is 0 Å². The first kappa shape index (κ1) is 26.0. The topological polar surface area (TPSA) is 82.1 Å². The number of hydrogen-bond donors (Lipinski definition) is 2. The first-order chi connectivity index (χ1) is 16.8. The number of hydrogen-bond acceptors (Lipinski definition) is 5. The zero-order chi connectivity index (χ0) is 24.9. The highest BCUT2D eigenvalue weighted by Gasteiger charge is 2.32. The number of carbonyl (C=O) groups excluding carboxylic acids is 2. The Kier molecular flexibility index (Phi) is 8.71. The number of aliphatic hydroxyl groups is 1. The normalized spacial score (nSPS) is 24.7. The van der Waals surface area contributed by atoms with E-state index in [0.717, 1.165) is 37.4 Å². The number of nitrogens with one attached hydrogen (secondary N) is 1. The van der Waals surface area contributed by atoms with Crippen LogP contribution >= 0.6 is 0 Å². The molecule has 35 heavy (non-hydrogen) atoms. The number of nitrogens with zero attached hydrogens (tertiary/aromatic N) is 2. The fraction of sp³-hybridized carbons (Fsp3) is 0.714. The third kappa shape index (κ3) is 6.98. The van der Waals surface area contributed by atoms with Gasteiger partial charge in [0.1, 0.15) is 11.9 Å². The number of ether oxygens (including phenoxy) is 1. The summed E-state index contributed by atoms with van der Waals surface area (Å²) in [4.78, 5) is 29.8. The number of likely N-dealkylation sites (N-methyl/N-ethyl adjacent to an activating group) is 1. The van der Waals surface area contributed by atoms with Crippen LogP contribution in [0.1, 0.15) is 64.4 Å². The summed E-state index contributed by atoms with van der Waals surface area (Å²) in [6.45, 7) is 6.35. The molecule has 3 atom stereocenters. The van der Waals surface area contributed by atoms with Gasteiger partial charge in [0.05, 0.1) is 19.1 Å². The van der Waals surface area contributed by atoms with Crippen LogP contribution in [0.3, 0.4) is 0 Å². The van der Waals surface area contributed by atoms with E-state index < -0.39 is 0 Å². The van der Waals surface area contributed by atoms with E-state index in [1.54, 1.807) is 4.90 Å². The predicted molar refractivity (Wildman–Crippen MR) is 137 cm³/mol. The largest absolute Gasteiger partial charge is 0.488 e. The molecule has 2 aliphatic carbocycles. The van der Waals surface area contributed by atoms with Crippen LogP contribution in [0.25, 0.3) is 0 Å². The number of fused-ring (bicyclic) bond motifs is 1. The molecular weight excluding hydrogens is 442 g/mol. The Hall–Kier alpha value is -2.12. The molecule has 0 spiro atoms. The molecule has 2 saturated carbocycles. The highest BCUT2D eigenvalue weighted by atomic mass is 16.5. The molecule has 1 heterocycles. The smallest absolute Gasteiger partial charge is 0.227 e. The van der Waals surface area contributed by atoms with E-state index >= 15 is 0 Å². The van der Waals surface area contributed by atoms with Crippen molar-refractivity contribution in [3.63, 3.8) is 0 Å². The fourth-order valence-electron chi connectivity index (χ4n) is 5.51. The number of carbonyl (C=O) groups is 2. The second kappa shape index (κ2) is 11.7. The van der Waals surface area contributed by atoms with Crippen molar-refractivity contribution in [2.45, 2.75) is 77.4 Å². The van der Waals surface area contributed by atoms with Gasteiger partial charge in [0.25, 0.3) is 0 Å². The van der Waals surface area contributed by atoms with Gasteiger partial charge in [0, 0.05) is 42.7 Å². The molecule has 1 aromatic carbocycles. The SMILES string of the molecule is C[C@H]1CN([C@@H](C)CO)C(=O)Cc2cc(NC(=O)C3CC3)ccc2O[C@@H]1CN(C)CC1CCCCC1. The van der Waals surface area contributed by atoms with Gasteiger partial charge < -0.3 is 25.0 Å². The summed E-state index contributed by atoms with van der Waals surface area (Å²) >= 11 is 0. The van der Waals surface area contributed by atoms with Crippen molar-refractivity contribution >= 4 is 17.5 Å². The zero-order valence-corrected chi connectivity index (χ0v) is 21.7. The summed E-state index contributed by atoms with van der Waals surface area (Å²) in [5.41, 5.74) is 1.49. The van der Waals surface area contributed by atoms with Crippen LogP contribution in [-0.4, -0.2) is 72.2 Å². The number of amides is 2. The van der Waals surface area contributed by atoms with Gasteiger partial charge in [0.2, 0.25) is 11.8 Å². The molecule has 7 heteroatoms. The van der Waals surface area contributed by atoms with Crippen molar-refractivity contribution < 1.29 is 19.4 Å². The van der Waals surface area contributed by atoms with Crippen LogP contribution in [0, 0.1) is 17.8 Å². The summed E-state index contributed by atoms with van der Waals surface area (Å²) < 4.78 is 6.62. The maximum atomic E-state index is 13.3. The number of benzene rings is 1. The number of anilines is 1. The maximum Gasteiger partial charge on any atom is 0.227 e.